The van der Waals surface area contributed by atoms with Crippen LogP contribution < -0.4 is 0 Å². The predicted octanol–water partition coefficient (Wildman–Crippen LogP) is 3.55. The maximum absolute atomic E-state index is 15.2. The van der Waals surface area contributed by atoms with Crippen LogP contribution in [-0.2, 0) is 11.2 Å². The molecule has 4 rings (SSSR count). The number of piperidine rings is 1. The van der Waals surface area contributed by atoms with Crippen molar-refractivity contribution in [3.05, 3.63) is 59.2 Å². The Balaban J connectivity index is 1.53. The molecule has 2 amide bonds. The highest BCUT2D eigenvalue weighted by molar-refractivity contribution is 5.94. The Kier molecular flexibility index (Phi) is 8.01. The molecule has 37 heavy (non-hydrogen) atoms. The number of carbonyl (C=O) groups excluding carboxylic acids is 2. The van der Waals surface area contributed by atoms with Crippen molar-refractivity contribution < 1.29 is 28.2 Å². The Morgan fingerprint density at radius 3 is 2.57 bits per heavy atom. The fourth-order valence-corrected chi connectivity index (χ4v) is 4.59. The van der Waals surface area contributed by atoms with Crippen LogP contribution >= 0.6 is 0 Å². The third-order valence-electron chi connectivity index (χ3n) is 6.53. The van der Waals surface area contributed by atoms with Gasteiger partial charge >= 0.3 is 6.09 Å². The SMILES string of the molecule is CC(C)OC(=O)N1CCC(n2cc(F)c3c(Cc4ccc(C(=O)N(C)CCO)cc4F)ncnc32)CC1. The van der Waals surface area contributed by atoms with Crippen LogP contribution in [0.2, 0.25) is 0 Å². The highest BCUT2D eigenvalue weighted by Crippen LogP contribution is 2.31. The Morgan fingerprint density at radius 2 is 1.92 bits per heavy atom. The van der Waals surface area contributed by atoms with Gasteiger partial charge in [0.05, 0.1) is 23.8 Å². The molecular weight excluding hydrogens is 484 g/mol. The summed E-state index contributed by atoms with van der Waals surface area (Å²) in [5.41, 5.74) is 1.19. The van der Waals surface area contributed by atoms with E-state index in [1.54, 1.807) is 23.3 Å². The third kappa shape index (κ3) is 5.71. The maximum Gasteiger partial charge on any atom is 0.410 e. The first-order valence-corrected chi connectivity index (χ1v) is 12.3. The standard InChI is InChI=1S/C26H31F2N5O4/c1-16(2)37-26(36)32-8-6-19(7-9-32)33-14-21(28)23-22(29-15-30-24(23)33)13-17-4-5-18(12-20(17)27)25(35)31(3)10-11-34/h4-5,12,14-16,19,34H,6-11,13H2,1-3H3. The van der Waals surface area contributed by atoms with Gasteiger partial charge in [-0.3, -0.25) is 4.79 Å². The number of amides is 2. The summed E-state index contributed by atoms with van der Waals surface area (Å²) in [5.74, 6) is -1.50. The summed E-state index contributed by atoms with van der Waals surface area (Å²) in [7, 11) is 1.52. The van der Waals surface area contributed by atoms with Gasteiger partial charge in [0.2, 0.25) is 0 Å². The van der Waals surface area contributed by atoms with Crippen molar-refractivity contribution in [2.24, 2.45) is 0 Å². The summed E-state index contributed by atoms with van der Waals surface area (Å²) in [6, 6.07) is 4.08. The quantitative estimate of drug-likeness (QED) is 0.517. The molecule has 1 saturated heterocycles. The van der Waals surface area contributed by atoms with E-state index >= 15 is 4.39 Å². The molecule has 1 aliphatic heterocycles. The number of nitrogens with zero attached hydrogens (tertiary/aromatic N) is 5. The lowest BCUT2D eigenvalue weighted by atomic mass is 10.0. The van der Waals surface area contributed by atoms with Crippen LogP contribution in [0.25, 0.3) is 11.0 Å². The zero-order valence-electron chi connectivity index (χ0n) is 21.2. The van der Waals surface area contributed by atoms with Gasteiger partial charge in [0.25, 0.3) is 5.91 Å². The van der Waals surface area contributed by atoms with Crippen LogP contribution in [0.5, 0.6) is 0 Å². The number of carbonyl (C=O) groups is 2. The van der Waals surface area contributed by atoms with E-state index in [2.05, 4.69) is 9.97 Å². The van der Waals surface area contributed by atoms with E-state index in [0.29, 0.717) is 37.3 Å². The van der Waals surface area contributed by atoms with Gasteiger partial charge in [0.1, 0.15) is 17.8 Å². The fraction of sp³-hybridized carbons (Fsp3) is 0.462. The van der Waals surface area contributed by atoms with Crippen molar-refractivity contribution in [2.75, 3.05) is 33.3 Å². The molecule has 0 atom stereocenters. The second kappa shape index (κ2) is 11.2. The number of halogens is 2. The molecule has 198 valence electrons. The number of benzene rings is 1. The number of likely N-dealkylation sites (N-methyl/N-ethyl adjacent to an activating group) is 1. The van der Waals surface area contributed by atoms with E-state index in [1.165, 1.54) is 36.6 Å². The van der Waals surface area contributed by atoms with Crippen LogP contribution in [0.3, 0.4) is 0 Å². The molecule has 3 aromatic rings. The third-order valence-corrected chi connectivity index (χ3v) is 6.53. The highest BCUT2D eigenvalue weighted by Gasteiger charge is 2.28. The number of hydrogen-bond donors (Lipinski definition) is 1. The number of hydrogen-bond acceptors (Lipinski definition) is 6. The molecule has 0 bridgehead atoms. The van der Waals surface area contributed by atoms with E-state index in [-0.39, 0.29) is 54.3 Å². The Bertz CT molecular complexity index is 1290. The summed E-state index contributed by atoms with van der Waals surface area (Å²) < 4.78 is 37.1. The molecule has 1 N–H and O–H groups in total. The second-order valence-corrected chi connectivity index (χ2v) is 9.49. The number of rotatable bonds is 7. The van der Waals surface area contributed by atoms with Crippen LogP contribution in [0.15, 0.2) is 30.7 Å². The Hall–Kier alpha value is -3.60. The fourth-order valence-electron chi connectivity index (χ4n) is 4.59. The van der Waals surface area contributed by atoms with Crippen molar-refractivity contribution >= 4 is 23.0 Å². The molecule has 1 fully saturated rings. The summed E-state index contributed by atoms with van der Waals surface area (Å²) >= 11 is 0. The molecule has 0 unspecified atom stereocenters. The number of ether oxygens (including phenoxy) is 1. The van der Waals surface area contributed by atoms with Crippen molar-refractivity contribution in [3.8, 4) is 0 Å². The van der Waals surface area contributed by atoms with Crippen molar-refractivity contribution in [1.29, 1.82) is 0 Å². The number of aliphatic hydroxyl groups is 1. The first-order valence-electron chi connectivity index (χ1n) is 12.3. The first kappa shape index (κ1) is 26.5. The van der Waals surface area contributed by atoms with Crippen LogP contribution in [-0.4, -0.2) is 80.8 Å². The Morgan fingerprint density at radius 1 is 1.19 bits per heavy atom. The molecule has 0 saturated carbocycles. The molecule has 9 nitrogen and oxygen atoms in total. The first-order chi connectivity index (χ1) is 17.7. The summed E-state index contributed by atoms with van der Waals surface area (Å²) in [6.07, 6.45) is 3.43. The number of aromatic nitrogens is 3. The number of likely N-dealkylation sites (tertiary alicyclic amines) is 1. The van der Waals surface area contributed by atoms with Crippen molar-refractivity contribution in [3.63, 3.8) is 0 Å². The Labute approximate surface area is 213 Å². The van der Waals surface area contributed by atoms with Gasteiger partial charge in [-0.05, 0) is 44.4 Å². The maximum atomic E-state index is 15.2. The molecular formula is C26H31F2N5O4. The molecule has 0 radical (unpaired) electrons. The molecule has 0 spiro atoms. The number of aliphatic hydroxyl groups excluding tert-OH is 1. The largest absolute Gasteiger partial charge is 0.447 e. The smallest absolute Gasteiger partial charge is 0.410 e. The monoisotopic (exact) mass is 515 g/mol. The minimum atomic E-state index is -0.601. The van der Waals surface area contributed by atoms with Gasteiger partial charge in [-0.1, -0.05) is 6.07 Å². The van der Waals surface area contributed by atoms with Gasteiger partial charge in [0.15, 0.2) is 5.82 Å². The highest BCUT2D eigenvalue weighted by atomic mass is 19.1. The van der Waals surface area contributed by atoms with E-state index < -0.39 is 17.5 Å². The minimum Gasteiger partial charge on any atom is -0.447 e. The molecule has 0 aliphatic carbocycles. The van der Waals surface area contributed by atoms with E-state index in [0.717, 1.165) is 6.07 Å². The van der Waals surface area contributed by atoms with Crippen LogP contribution in [0.4, 0.5) is 13.6 Å². The molecule has 1 aliphatic rings. The van der Waals surface area contributed by atoms with Gasteiger partial charge in [-0.25, -0.2) is 23.5 Å². The van der Waals surface area contributed by atoms with E-state index in [1.807, 2.05) is 0 Å². The van der Waals surface area contributed by atoms with Crippen molar-refractivity contribution in [2.45, 2.75) is 45.3 Å². The summed E-state index contributed by atoms with van der Waals surface area (Å²) in [6.45, 7) is 4.51. The normalized spacial score (nSPS) is 14.4. The zero-order chi connectivity index (χ0) is 26.7. The molecule has 11 heteroatoms. The van der Waals surface area contributed by atoms with Gasteiger partial charge < -0.3 is 24.2 Å². The molecule has 2 aromatic heterocycles. The summed E-state index contributed by atoms with van der Waals surface area (Å²) in [4.78, 5) is 36.1. The zero-order valence-corrected chi connectivity index (χ0v) is 21.2. The van der Waals surface area contributed by atoms with Gasteiger partial charge in [-0.15, -0.1) is 0 Å². The number of fused-ring (bicyclic) bond motifs is 1. The topological polar surface area (TPSA) is 101 Å². The van der Waals surface area contributed by atoms with E-state index in [4.69, 9.17) is 9.84 Å². The summed E-state index contributed by atoms with van der Waals surface area (Å²) in [5, 5.41) is 9.25. The average molecular weight is 516 g/mol. The predicted molar refractivity (Wildman–Crippen MR) is 132 cm³/mol. The van der Waals surface area contributed by atoms with Crippen LogP contribution in [0.1, 0.15) is 54.3 Å². The second-order valence-electron chi connectivity index (χ2n) is 9.49. The van der Waals surface area contributed by atoms with Crippen LogP contribution in [0, 0.1) is 11.6 Å². The van der Waals surface area contributed by atoms with Gasteiger partial charge in [0, 0.05) is 50.9 Å². The minimum absolute atomic E-state index is 0.0201. The lowest BCUT2D eigenvalue weighted by Crippen LogP contribution is -2.40. The molecule has 3 heterocycles. The molecule has 1 aromatic carbocycles. The average Bonchev–Trinajstić information content (AvgIpc) is 3.22. The van der Waals surface area contributed by atoms with Crippen molar-refractivity contribution in [1.82, 2.24) is 24.3 Å². The lowest BCUT2D eigenvalue weighted by molar-refractivity contribution is 0.0662. The lowest BCUT2D eigenvalue weighted by Gasteiger charge is -2.32. The van der Waals surface area contributed by atoms with E-state index in [9.17, 15) is 14.0 Å². The van der Waals surface area contributed by atoms with Gasteiger partial charge in [-0.2, -0.15) is 0 Å².